The molecule has 2 aromatic carbocycles. The fourth-order valence-electron chi connectivity index (χ4n) is 3.26. The first kappa shape index (κ1) is 22.0. The SMILES string of the molecule is CCC(=O)c1ccc2c(c1)nc(Nc1nc3ccc(OC(F)(F)F)cc3s1)n2CCOC. The van der Waals surface area contributed by atoms with Crippen molar-refractivity contribution in [3.05, 3.63) is 42.0 Å². The van der Waals surface area contributed by atoms with Crippen molar-refractivity contribution in [2.45, 2.75) is 26.3 Å². The van der Waals surface area contributed by atoms with Gasteiger partial charge in [-0.05, 0) is 30.3 Å². The standard InChI is InChI=1S/C21H19F3N4O3S/c1-3-17(29)12-4-7-16-15(10-12)25-19(28(16)8-9-30-2)27-20-26-14-6-5-13(11-18(14)32-20)31-21(22,23)24/h4-7,10-11H,3,8-9H2,1-2H3,(H,25,26,27). The number of halogens is 3. The van der Waals surface area contributed by atoms with Crippen molar-refractivity contribution in [2.75, 3.05) is 19.0 Å². The highest BCUT2D eigenvalue weighted by Gasteiger charge is 2.31. The Morgan fingerprint density at radius 2 is 1.97 bits per heavy atom. The molecule has 32 heavy (non-hydrogen) atoms. The van der Waals surface area contributed by atoms with E-state index in [2.05, 4.69) is 20.0 Å². The van der Waals surface area contributed by atoms with Crippen LogP contribution in [0.25, 0.3) is 21.3 Å². The van der Waals surface area contributed by atoms with Gasteiger partial charge in [0.15, 0.2) is 10.9 Å². The van der Waals surface area contributed by atoms with Gasteiger partial charge in [-0.15, -0.1) is 13.2 Å². The highest BCUT2D eigenvalue weighted by molar-refractivity contribution is 7.22. The number of alkyl halides is 3. The van der Waals surface area contributed by atoms with E-state index in [1.54, 1.807) is 26.2 Å². The van der Waals surface area contributed by atoms with Crippen LogP contribution < -0.4 is 10.1 Å². The molecular weight excluding hydrogens is 445 g/mol. The molecule has 4 rings (SSSR count). The Morgan fingerprint density at radius 1 is 1.16 bits per heavy atom. The van der Waals surface area contributed by atoms with Crippen LogP contribution in [0.1, 0.15) is 23.7 Å². The second-order valence-corrected chi connectivity index (χ2v) is 7.91. The number of ketones is 1. The van der Waals surface area contributed by atoms with E-state index < -0.39 is 6.36 Å². The number of nitrogens with zero attached hydrogens (tertiary/aromatic N) is 3. The summed E-state index contributed by atoms with van der Waals surface area (Å²) in [5, 5.41) is 3.61. The number of fused-ring (bicyclic) bond motifs is 2. The van der Waals surface area contributed by atoms with Crippen molar-refractivity contribution in [1.82, 2.24) is 14.5 Å². The molecule has 0 radical (unpaired) electrons. The molecule has 0 spiro atoms. The third kappa shape index (κ3) is 4.68. The second-order valence-electron chi connectivity index (χ2n) is 6.88. The molecule has 1 N–H and O–H groups in total. The van der Waals surface area contributed by atoms with Gasteiger partial charge in [0.05, 0.1) is 27.9 Å². The number of ether oxygens (including phenoxy) is 2. The number of benzene rings is 2. The van der Waals surface area contributed by atoms with E-state index in [9.17, 15) is 18.0 Å². The zero-order chi connectivity index (χ0) is 22.9. The largest absolute Gasteiger partial charge is 0.573 e. The molecule has 7 nitrogen and oxygen atoms in total. The number of Topliss-reactive ketones (excluding diaryl/α,β-unsaturated/α-hetero) is 1. The molecule has 0 aliphatic carbocycles. The van der Waals surface area contributed by atoms with Crippen molar-refractivity contribution in [2.24, 2.45) is 0 Å². The average molecular weight is 464 g/mol. The van der Waals surface area contributed by atoms with E-state index in [4.69, 9.17) is 4.74 Å². The number of hydrogen-bond acceptors (Lipinski definition) is 7. The van der Waals surface area contributed by atoms with Crippen molar-refractivity contribution in [3.8, 4) is 5.75 Å². The van der Waals surface area contributed by atoms with Gasteiger partial charge >= 0.3 is 6.36 Å². The fourth-order valence-corrected chi connectivity index (χ4v) is 4.15. The molecule has 168 valence electrons. The van der Waals surface area contributed by atoms with Crippen LogP contribution in [0.15, 0.2) is 36.4 Å². The quantitative estimate of drug-likeness (QED) is 0.346. The van der Waals surface area contributed by atoms with Crippen LogP contribution in [0.2, 0.25) is 0 Å². The van der Waals surface area contributed by atoms with E-state index >= 15 is 0 Å². The van der Waals surface area contributed by atoms with Gasteiger partial charge in [-0.3, -0.25) is 4.79 Å². The lowest BCUT2D eigenvalue weighted by atomic mass is 10.1. The molecule has 0 unspecified atom stereocenters. The summed E-state index contributed by atoms with van der Waals surface area (Å²) in [6.45, 7) is 2.74. The van der Waals surface area contributed by atoms with Crippen molar-refractivity contribution in [1.29, 1.82) is 0 Å². The Morgan fingerprint density at radius 3 is 2.69 bits per heavy atom. The average Bonchev–Trinajstić information content (AvgIpc) is 3.29. The maximum atomic E-state index is 12.5. The van der Waals surface area contributed by atoms with Gasteiger partial charge in [-0.25, -0.2) is 9.97 Å². The Kier molecular flexibility index (Phi) is 6.02. The van der Waals surface area contributed by atoms with Gasteiger partial charge < -0.3 is 19.4 Å². The molecule has 0 fully saturated rings. The zero-order valence-corrected chi connectivity index (χ0v) is 18.0. The zero-order valence-electron chi connectivity index (χ0n) is 17.2. The van der Waals surface area contributed by atoms with Crippen molar-refractivity contribution >= 4 is 49.4 Å². The maximum Gasteiger partial charge on any atom is 0.573 e. The van der Waals surface area contributed by atoms with E-state index in [1.807, 2.05) is 10.6 Å². The van der Waals surface area contributed by atoms with Gasteiger partial charge in [0.2, 0.25) is 5.95 Å². The lowest BCUT2D eigenvalue weighted by molar-refractivity contribution is -0.274. The van der Waals surface area contributed by atoms with Crippen molar-refractivity contribution < 1.29 is 27.4 Å². The van der Waals surface area contributed by atoms with Gasteiger partial charge in [0, 0.05) is 31.7 Å². The predicted octanol–water partition coefficient (Wildman–Crippen LogP) is 5.53. The summed E-state index contributed by atoms with van der Waals surface area (Å²) >= 11 is 1.18. The number of nitrogens with one attached hydrogen (secondary N) is 1. The number of rotatable bonds is 8. The summed E-state index contributed by atoms with van der Waals surface area (Å²) < 4.78 is 49.1. The Bertz CT molecular complexity index is 1280. The van der Waals surface area contributed by atoms with E-state index in [-0.39, 0.29) is 11.5 Å². The molecule has 0 atom stereocenters. The molecule has 2 heterocycles. The van der Waals surface area contributed by atoms with Gasteiger partial charge in [-0.2, -0.15) is 0 Å². The molecule has 0 bridgehead atoms. The summed E-state index contributed by atoms with van der Waals surface area (Å²) in [6.07, 6.45) is -4.36. The molecule has 0 aliphatic rings. The fraction of sp³-hybridized carbons (Fsp3) is 0.286. The lowest BCUT2D eigenvalue weighted by Crippen LogP contribution is -2.16. The van der Waals surface area contributed by atoms with Crippen LogP contribution in [0.5, 0.6) is 5.75 Å². The van der Waals surface area contributed by atoms with Crippen LogP contribution in [0.4, 0.5) is 24.3 Å². The molecule has 0 amide bonds. The summed E-state index contributed by atoms with van der Waals surface area (Å²) in [5.74, 6) is 0.209. The van der Waals surface area contributed by atoms with Crippen LogP contribution in [0.3, 0.4) is 0 Å². The minimum atomic E-state index is -4.76. The van der Waals surface area contributed by atoms with Crippen LogP contribution in [0, 0.1) is 0 Å². The van der Waals surface area contributed by atoms with Crippen LogP contribution in [-0.4, -0.2) is 40.4 Å². The minimum Gasteiger partial charge on any atom is -0.406 e. The highest BCUT2D eigenvalue weighted by Crippen LogP contribution is 2.33. The number of methoxy groups -OCH3 is 1. The summed E-state index contributed by atoms with van der Waals surface area (Å²) in [4.78, 5) is 21.1. The Hall–Kier alpha value is -3.18. The molecule has 0 saturated carbocycles. The molecule has 2 aromatic heterocycles. The molecule has 4 aromatic rings. The third-order valence-corrected chi connectivity index (χ3v) is 5.66. The predicted molar refractivity (Wildman–Crippen MR) is 116 cm³/mol. The number of thiazole rings is 1. The van der Waals surface area contributed by atoms with Crippen LogP contribution >= 0.6 is 11.3 Å². The topological polar surface area (TPSA) is 78.3 Å². The number of imidazole rings is 1. The van der Waals surface area contributed by atoms with Gasteiger partial charge in [0.25, 0.3) is 0 Å². The van der Waals surface area contributed by atoms with Gasteiger partial charge in [-0.1, -0.05) is 18.3 Å². The Balaban J connectivity index is 1.68. The normalized spacial score (nSPS) is 11.9. The monoisotopic (exact) mass is 464 g/mol. The first-order chi connectivity index (χ1) is 15.3. The number of aromatic nitrogens is 3. The first-order valence-electron chi connectivity index (χ1n) is 9.73. The highest BCUT2D eigenvalue weighted by atomic mass is 32.1. The number of hydrogen-bond donors (Lipinski definition) is 1. The molecule has 11 heteroatoms. The lowest BCUT2D eigenvalue weighted by Gasteiger charge is -2.08. The first-order valence-corrected chi connectivity index (χ1v) is 10.5. The molecular formula is C21H19F3N4O3S. The number of anilines is 2. The summed E-state index contributed by atoms with van der Waals surface area (Å²) in [5.41, 5.74) is 2.58. The number of carbonyl (C=O) groups is 1. The van der Waals surface area contributed by atoms with E-state index in [0.717, 1.165) is 5.52 Å². The molecule has 0 aliphatic heterocycles. The van der Waals surface area contributed by atoms with Crippen LogP contribution in [-0.2, 0) is 11.3 Å². The Labute approximate surface area is 184 Å². The third-order valence-electron chi connectivity index (χ3n) is 4.72. The summed E-state index contributed by atoms with van der Waals surface area (Å²) in [6, 6.07) is 9.33. The molecule has 0 saturated heterocycles. The second kappa shape index (κ2) is 8.75. The number of carbonyl (C=O) groups excluding carboxylic acids is 1. The van der Waals surface area contributed by atoms with E-state index in [1.165, 1.54) is 29.5 Å². The van der Waals surface area contributed by atoms with E-state index in [0.29, 0.717) is 51.9 Å². The minimum absolute atomic E-state index is 0.0240. The van der Waals surface area contributed by atoms with Gasteiger partial charge in [0.1, 0.15) is 5.75 Å². The summed E-state index contributed by atoms with van der Waals surface area (Å²) in [7, 11) is 1.60. The maximum absolute atomic E-state index is 12.5. The smallest absolute Gasteiger partial charge is 0.406 e. The van der Waals surface area contributed by atoms with Crippen molar-refractivity contribution in [3.63, 3.8) is 0 Å².